The number of hydrogen-bond acceptors (Lipinski definition) is 4. The zero-order valence-corrected chi connectivity index (χ0v) is 12.3. The van der Waals surface area contributed by atoms with Crippen LogP contribution in [0.2, 0.25) is 0 Å². The Morgan fingerprint density at radius 3 is 2.73 bits per heavy atom. The molecule has 9 heteroatoms. The fourth-order valence-corrected chi connectivity index (χ4v) is 2.74. The average molecular weight is 305 g/mol. The van der Waals surface area contributed by atoms with Gasteiger partial charge in [0.2, 0.25) is 5.78 Å². The van der Waals surface area contributed by atoms with E-state index in [0.717, 1.165) is 0 Å². The lowest BCUT2D eigenvalue weighted by Crippen LogP contribution is -2.28. The summed E-state index contributed by atoms with van der Waals surface area (Å²) in [6, 6.07) is -0.787. The number of aliphatic carboxylic acids is 1. The summed E-state index contributed by atoms with van der Waals surface area (Å²) in [6.45, 7) is 3.52. The Balaban J connectivity index is 2.50. The molecule has 3 aromatic heterocycles. The molecule has 1 atom stereocenters. The first-order valence-corrected chi connectivity index (χ1v) is 6.78. The number of aromatic nitrogens is 5. The molecule has 0 bridgehead atoms. The molecule has 0 spiro atoms. The number of carboxylic acids is 1. The van der Waals surface area contributed by atoms with Crippen molar-refractivity contribution in [1.82, 2.24) is 23.5 Å². The van der Waals surface area contributed by atoms with Gasteiger partial charge in [0.15, 0.2) is 11.2 Å². The Bertz CT molecular complexity index is 1020. The zero-order chi connectivity index (χ0) is 16.2. The third-order valence-corrected chi connectivity index (χ3v) is 3.83. The highest BCUT2D eigenvalue weighted by Crippen LogP contribution is 2.22. The lowest BCUT2D eigenvalue weighted by molar-refractivity contribution is -0.140. The number of aryl methyl sites for hydroxylation is 2. The second kappa shape index (κ2) is 4.58. The van der Waals surface area contributed by atoms with Crippen molar-refractivity contribution in [2.45, 2.75) is 26.3 Å². The summed E-state index contributed by atoms with van der Waals surface area (Å²) >= 11 is 0. The summed E-state index contributed by atoms with van der Waals surface area (Å²) in [4.78, 5) is 41.7. The number of rotatable bonds is 3. The molecule has 0 saturated heterocycles. The summed E-state index contributed by atoms with van der Waals surface area (Å²) in [5, 5.41) is 9.38. The highest BCUT2D eigenvalue weighted by Gasteiger charge is 2.24. The van der Waals surface area contributed by atoms with Crippen molar-refractivity contribution >= 4 is 22.9 Å². The van der Waals surface area contributed by atoms with Crippen molar-refractivity contribution in [3.05, 3.63) is 32.7 Å². The van der Waals surface area contributed by atoms with Gasteiger partial charge in [0.05, 0.1) is 0 Å². The maximum atomic E-state index is 12.1. The summed E-state index contributed by atoms with van der Waals surface area (Å²) < 4.78 is 4.31. The van der Waals surface area contributed by atoms with Gasteiger partial charge in [0.25, 0.3) is 5.56 Å². The quantitative estimate of drug-likeness (QED) is 0.708. The van der Waals surface area contributed by atoms with E-state index in [-0.39, 0.29) is 11.2 Å². The van der Waals surface area contributed by atoms with Crippen LogP contribution in [0.25, 0.3) is 16.9 Å². The minimum Gasteiger partial charge on any atom is -0.480 e. The monoisotopic (exact) mass is 305 g/mol. The van der Waals surface area contributed by atoms with Crippen molar-refractivity contribution in [3.63, 3.8) is 0 Å². The molecule has 0 saturated carbocycles. The van der Waals surface area contributed by atoms with E-state index >= 15 is 0 Å². The first-order valence-electron chi connectivity index (χ1n) is 6.78. The van der Waals surface area contributed by atoms with Gasteiger partial charge in [0.1, 0.15) is 6.04 Å². The number of carbonyl (C=O) groups is 1. The maximum Gasteiger partial charge on any atom is 0.329 e. The van der Waals surface area contributed by atoms with Gasteiger partial charge in [-0.3, -0.25) is 23.3 Å². The molecule has 3 aromatic rings. The van der Waals surface area contributed by atoms with Crippen molar-refractivity contribution < 1.29 is 9.90 Å². The molecule has 0 radical (unpaired) electrons. The molecular formula is C13H15N5O4. The van der Waals surface area contributed by atoms with E-state index in [1.165, 1.54) is 16.0 Å². The Morgan fingerprint density at radius 2 is 2.14 bits per heavy atom. The van der Waals surface area contributed by atoms with Crippen LogP contribution in [0.1, 0.15) is 25.1 Å². The largest absolute Gasteiger partial charge is 0.480 e. The molecule has 0 unspecified atom stereocenters. The number of H-pyrrole nitrogens is 1. The molecule has 22 heavy (non-hydrogen) atoms. The molecule has 3 heterocycles. The van der Waals surface area contributed by atoms with Crippen molar-refractivity contribution in [1.29, 1.82) is 0 Å². The number of fused-ring (bicyclic) bond motifs is 3. The predicted octanol–water partition coefficient (Wildman–Crippen LogP) is 0.0201. The Morgan fingerprint density at radius 1 is 1.45 bits per heavy atom. The van der Waals surface area contributed by atoms with Crippen molar-refractivity contribution in [2.75, 3.05) is 0 Å². The number of aromatic amines is 1. The summed E-state index contributed by atoms with van der Waals surface area (Å²) in [7, 11) is 1.50. The third kappa shape index (κ3) is 1.71. The lowest BCUT2D eigenvalue weighted by atomic mass is 10.2. The average Bonchev–Trinajstić information content (AvgIpc) is 2.94. The molecule has 116 valence electrons. The van der Waals surface area contributed by atoms with Gasteiger partial charge < -0.3 is 5.11 Å². The van der Waals surface area contributed by atoms with E-state index < -0.39 is 23.3 Å². The fourth-order valence-electron chi connectivity index (χ4n) is 2.74. The molecule has 0 amide bonds. The van der Waals surface area contributed by atoms with E-state index in [4.69, 9.17) is 0 Å². The lowest BCUT2D eigenvalue weighted by Gasteiger charge is -2.13. The minimum absolute atomic E-state index is 0.220. The van der Waals surface area contributed by atoms with E-state index in [1.54, 1.807) is 24.6 Å². The zero-order valence-electron chi connectivity index (χ0n) is 12.3. The van der Waals surface area contributed by atoms with E-state index in [9.17, 15) is 19.5 Å². The van der Waals surface area contributed by atoms with Gasteiger partial charge in [-0.05, 0) is 13.3 Å². The highest BCUT2D eigenvalue weighted by molar-refractivity contribution is 5.77. The molecule has 3 rings (SSSR count). The van der Waals surface area contributed by atoms with Crippen LogP contribution in [0.15, 0.2) is 15.8 Å². The smallest absolute Gasteiger partial charge is 0.329 e. The Labute approximate surface area is 123 Å². The fraction of sp³-hybridized carbons (Fsp3) is 0.385. The maximum absolute atomic E-state index is 12.1. The topological polar surface area (TPSA) is 114 Å². The first kappa shape index (κ1) is 14.1. The number of nitrogens with one attached hydrogen (secondary N) is 1. The highest BCUT2D eigenvalue weighted by atomic mass is 16.4. The van der Waals surface area contributed by atoms with Gasteiger partial charge in [-0.25, -0.2) is 9.59 Å². The number of imidazole rings is 2. The number of hydrogen-bond donors (Lipinski definition) is 2. The molecule has 2 N–H and O–H groups in total. The van der Waals surface area contributed by atoms with Crippen LogP contribution in [0, 0.1) is 6.92 Å². The second-order valence-electron chi connectivity index (χ2n) is 5.18. The summed E-state index contributed by atoms with van der Waals surface area (Å²) in [5.41, 5.74) is 0.00163. The van der Waals surface area contributed by atoms with Crippen LogP contribution >= 0.6 is 0 Å². The SMILES string of the molecule is CC[C@H](C(=O)O)n1c(C)cn2c3c(=O)[nH]c(=O)n(C)c3nc12. The molecule has 0 aliphatic heterocycles. The van der Waals surface area contributed by atoms with Crippen LogP contribution in [-0.4, -0.2) is 34.6 Å². The molecule has 0 aliphatic rings. The van der Waals surface area contributed by atoms with E-state index in [2.05, 4.69) is 9.97 Å². The summed E-state index contributed by atoms with van der Waals surface area (Å²) in [6.07, 6.45) is 2.02. The van der Waals surface area contributed by atoms with Gasteiger partial charge in [-0.2, -0.15) is 4.98 Å². The molecule has 0 fully saturated rings. The van der Waals surface area contributed by atoms with Crippen LogP contribution in [-0.2, 0) is 11.8 Å². The summed E-state index contributed by atoms with van der Waals surface area (Å²) in [5.74, 6) is -0.646. The number of carboxylic acid groups (broad SMARTS) is 1. The van der Waals surface area contributed by atoms with Crippen LogP contribution in [0.3, 0.4) is 0 Å². The van der Waals surface area contributed by atoms with Gasteiger partial charge >= 0.3 is 11.7 Å². The second-order valence-corrected chi connectivity index (χ2v) is 5.18. The predicted molar refractivity (Wildman–Crippen MR) is 78.3 cm³/mol. The molecular weight excluding hydrogens is 290 g/mol. The first-order chi connectivity index (χ1) is 10.4. The van der Waals surface area contributed by atoms with Crippen LogP contribution in [0.5, 0.6) is 0 Å². The van der Waals surface area contributed by atoms with Gasteiger partial charge in [-0.1, -0.05) is 6.92 Å². The Hall–Kier alpha value is -2.84. The van der Waals surface area contributed by atoms with E-state index in [1.807, 2.05) is 0 Å². The normalized spacial score (nSPS) is 13.0. The van der Waals surface area contributed by atoms with E-state index in [0.29, 0.717) is 17.9 Å². The van der Waals surface area contributed by atoms with Crippen LogP contribution < -0.4 is 11.2 Å². The molecule has 0 aliphatic carbocycles. The van der Waals surface area contributed by atoms with Crippen molar-refractivity contribution in [2.24, 2.45) is 7.05 Å². The van der Waals surface area contributed by atoms with Crippen molar-refractivity contribution in [3.8, 4) is 0 Å². The van der Waals surface area contributed by atoms with Crippen LogP contribution in [0.4, 0.5) is 0 Å². The third-order valence-electron chi connectivity index (χ3n) is 3.83. The standard InChI is InChI=1S/C13H15N5O4/c1-4-7(11(20)21)18-6(2)5-17-8-9(14-12(17)18)16(3)13(22)15-10(8)19/h5,7H,4H2,1-3H3,(H,20,21)(H,15,19,22)/t7-/m1/s1. The minimum atomic E-state index is -0.974. The van der Waals surface area contributed by atoms with Gasteiger partial charge in [-0.15, -0.1) is 0 Å². The molecule has 0 aromatic carbocycles. The Kier molecular flexibility index (Phi) is 2.94. The number of nitrogens with zero attached hydrogens (tertiary/aromatic N) is 4. The molecule has 9 nitrogen and oxygen atoms in total. The van der Waals surface area contributed by atoms with Gasteiger partial charge in [0, 0.05) is 18.9 Å².